The third-order valence-corrected chi connectivity index (χ3v) is 6.31. The Balaban J connectivity index is 1.39. The molecular formula is C31H30FNO6. The number of benzene rings is 4. The number of aromatic hydroxyl groups is 1. The predicted octanol–water partition coefficient (Wildman–Crippen LogP) is 6.09. The molecule has 8 heteroatoms. The van der Waals surface area contributed by atoms with E-state index in [2.05, 4.69) is 5.32 Å². The number of carboxylic acids is 1. The Morgan fingerprint density at radius 1 is 0.949 bits per heavy atom. The van der Waals surface area contributed by atoms with Crippen molar-refractivity contribution in [3.05, 3.63) is 107 Å². The lowest BCUT2D eigenvalue weighted by Gasteiger charge is -2.21. The monoisotopic (exact) mass is 531 g/mol. The molecule has 0 aliphatic carbocycles. The fraction of sp³-hybridized carbons (Fsp3) is 0.194. The minimum absolute atomic E-state index is 0.00191. The summed E-state index contributed by atoms with van der Waals surface area (Å²) in [5.74, 6) is -0.231. The van der Waals surface area contributed by atoms with E-state index < -0.39 is 17.9 Å². The van der Waals surface area contributed by atoms with Gasteiger partial charge in [0.25, 0.3) is 0 Å². The highest BCUT2D eigenvalue weighted by atomic mass is 19.1. The lowest BCUT2D eigenvalue weighted by Crippen LogP contribution is -2.35. The average molecular weight is 532 g/mol. The maximum absolute atomic E-state index is 13.3. The minimum atomic E-state index is -1.13. The molecule has 0 saturated carbocycles. The van der Waals surface area contributed by atoms with Gasteiger partial charge in [0.15, 0.2) is 0 Å². The van der Waals surface area contributed by atoms with Gasteiger partial charge in [-0.3, -0.25) is 0 Å². The summed E-state index contributed by atoms with van der Waals surface area (Å²) in [6, 6.07) is 22.1. The maximum atomic E-state index is 13.3. The summed E-state index contributed by atoms with van der Waals surface area (Å²) in [6.45, 7) is 4.70. The summed E-state index contributed by atoms with van der Waals surface area (Å²) in [4.78, 5) is 11.7. The van der Waals surface area contributed by atoms with E-state index in [4.69, 9.17) is 9.47 Å². The maximum Gasteiger partial charge on any atom is 0.339 e. The zero-order chi connectivity index (χ0) is 27.9. The number of carboxylic acid groups (broad SMARTS) is 1. The van der Waals surface area contributed by atoms with Gasteiger partial charge in [0, 0.05) is 12.6 Å². The molecule has 0 radical (unpaired) electrons. The van der Waals surface area contributed by atoms with Gasteiger partial charge < -0.3 is 30.1 Å². The molecule has 2 atom stereocenters. The number of aryl methyl sites for hydroxylation is 1. The first kappa shape index (κ1) is 27.6. The van der Waals surface area contributed by atoms with E-state index in [0.717, 1.165) is 16.7 Å². The summed E-state index contributed by atoms with van der Waals surface area (Å²) >= 11 is 0. The molecule has 39 heavy (non-hydrogen) atoms. The highest BCUT2D eigenvalue weighted by Crippen LogP contribution is 2.33. The van der Waals surface area contributed by atoms with Crippen LogP contribution in [0.15, 0.2) is 84.9 Å². The standard InChI is InChI=1S/C31H30FNO6/c1-19-17-26(38-16-15-33-20(2)30(35)21-3-8-24(34)9-4-21)12-14-27(19)22-5-13-28(31(36)37)29(18-22)39-25-10-6-23(32)7-11-25/h3-14,17-18,20,30,33-35H,15-16H2,1-2H3,(H,36,37)/t20-,30-/m1/s1. The topological polar surface area (TPSA) is 108 Å². The molecule has 4 aromatic carbocycles. The van der Waals surface area contributed by atoms with E-state index in [9.17, 15) is 24.5 Å². The number of hydrogen-bond acceptors (Lipinski definition) is 6. The normalized spacial score (nSPS) is 12.5. The first-order chi connectivity index (χ1) is 18.7. The van der Waals surface area contributed by atoms with E-state index in [-0.39, 0.29) is 23.1 Å². The van der Waals surface area contributed by atoms with Gasteiger partial charge >= 0.3 is 5.97 Å². The Labute approximate surface area is 226 Å². The summed E-state index contributed by atoms with van der Waals surface area (Å²) < 4.78 is 24.9. The largest absolute Gasteiger partial charge is 0.508 e. The lowest BCUT2D eigenvalue weighted by atomic mass is 9.98. The van der Waals surface area contributed by atoms with Crippen LogP contribution in [0.1, 0.15) is 34.5 Å². The van der Waals surface area contributed by atoms with Crippen LogP contribution in [0.2, 0.25) is 0 Å². The van der Waals surface area contributed by atoms with Crippen LogP contribution >= 0.6 is 0 Å². The molecule has 4 N–H and O–H groups in total. The molecule has 0 unspecified atom stereocenters. The number of rotatable bonds is 11. The molecule has 0 saturated heterocycles. The second kappa shape index (κ2) is 12.4. The number of aliphatic hydroxyl groups excluding tert-OH is 1. The van der Waals surface area contributed by atoms with Crippen molar-refractivity contribution in [2.75, 3.05) is 13.2 Å². The van der Waals surface area contributed by atoms with Crippen LogP contribution < -0.4 is 14.8 Å². The van der Waals surface area contributed by atoms with Crippen LogP contribution in [0, 0.1) is 12.7 Å². The Morgan fingerprint density at radius 2 is 1.64 bits per heavy atom. The molecule has 0 aliphatic heterocycles. The summed E-state index contributed by atoms with van der Waals surface area (Å²) in [6.07, 6.45) is -0.725. The highest BCUT2D eigenvalue weighted by Gasteiger charge is 2.17. The predicted molar refractivity (Wildman–Crippen MR) is 146 cm³/mol. The van der Waals surface area contributed by atoms with Crippen LogP contribution in [-0.2, 0) is 0 Å². The highest BCUT2D eigenvalue weighted by molar-refractivity contribution is 5.92. The van der Waals surface area contributed by atoms with E-state index in [1.807, 2.05) is 32.0 Å². The van der Waals surface area contributed by atoms with E-state index in [0.29, 0.717) is 30.2 Å². The number of halogens is 1. The molecule has 0 amide bonds. The summed E-state index contributed by atoms with van der Waals surface area (Å²) in [5.41, 5.74) is 3.28. The second-order valence-electron chi connectivity index (χ2n) is 9.18. The Morgan fingerprint density at radius 3 is 2.31 bits per heavy atom. The SMILES string of the molecule is Cc1cc(OCCN[C@H](C)[C@@H](O)c2ccc(O)cc2)ccc1-c1ccc(C(=O)O)c(Oc2ccc(F)cc2)c1. The zero-order valence-electron chi connectivity index (χ0n) is 21.6. The van der Waals surface area contributed by atoms with Crippen LogP contribution in [0.25, 0.3) is 11.1 Å². The molecule has 7 nitrogen and oxygen atoms in total. The quantitative estimate of drug-likeness (QED) is 0.174. The van der Waals surface area contributed by atoms with Crippen molar-refractivity contribution in [1.29, 1.82) is 0 Å². The van der Waals surface area contributed by atoms with E-state index in [1.165, 1.54) is 30.3 Å². The van der Waals surface area contributed by atoms with Crippen LogP contribution in [0.3, 0.4) is 0 Å². The fourth-order valence-electron chi connectivity index (χ4n) is 4.16. The number of phenols is 1. The molecule has 0 heterocycles. The van der Waals surface area contributed by atoms with Gasteiger partial charge in [0.05, 0.1) is 6.10 Å². The van der Waals surface area contributed by atoms with Crippen molar-refractivity contribution >= 4 is 5.97 Å². The smallest absolute Gasteiger partial charge is 0.339 e. The second-order valence-corrected chi connectivity index (χ2v) is 9.18. The molecule has 0 aromatic heterocycles. The Hall–Kier alpha value is -4.40. The molecule has 0 aliphatic rings. The van der Waals surface area contributed by atoms with Gasteiger partial charge in [-0.05, 0) is 96.8 Å². The number of hydrogen-bond donors (Lipinski definition) is 4. The summed E-state index contributed by atoms with van der Waals surface area (Å²) in [7, 11) is 0. The molecule has 202 valence electrons. The van der Waals surface area contributed by atoms with Gasteiger partial charge in [-0.2, -0.15) is 0 Å². The van der Waals surface area contributed by atoms with Crippen LogP contribution in [0.5, 0.6) is 23.0 Å². The number of nitrogens with one attached hydrogen (secondary N) is 1. The Kier molecular flexibility index (Phi) is 8.81. The number of aromatic carboxylic acids is 1. The fourth-order valence-corrected chi connectivity index (χ4v) is 4.16. The van der Waals surface area contributed by atoms with Gasteiger partial charge in [-0.15, -0.1) is 0 Å². The van der Waals surface area contributed by atoms with E-state index >= 15 is 0 Å². The van der Waals surface area contributed by atoms with Crippen molar-refractivity contribution in [1.82, 2.24) is 5.32 Å². The molecule has 4 aromatic rings. The van der Waals surface area contributed by atoms with E-state index in [1.54, 1.807) is 36.4 Å². The number of phenolic OH excluding ortho intramolecular Hbond substituents is 1. The lowest BCUT2D eigenvalue weighted by molar-refractivity contribution is 0.0694. The molecular weight excluding hydrogens is 501 g/mol. The summed E-state index contributed by atoms with van der Waals surface area (Å²) in [5, 5.41) is 32.7. The first-order valence-electron chi connectivity index (χ1n) is 12.5. The zero-order valence-corrected chi connectivity index (χ0v) is 21.6. The van der Waals surface area contributed by atoms with Crippen LogP contribution in [0.4, 0.5) is 4.39 Å². The molecule has 0 spiro atoms. The van der Waals surface area contributed by atoms with Crippen molar-refractivity contribution in [2.24, 2.45) is 0 Å². The van der Waals surface area contributed by atoms with Gasteiger partial charge in [-0.1, -0.05) is 24.3 Å². The molecule has 0 fully saturated rings. The first-order valence-corrected chi connectivity index (χ1v) is 12.5. The number of carbonyl (C=O) groups is 1. The third-order valence-electron chi connectivity index (χ3n) is 6.31. The minimum Gasteiger partial charge on any atom is -0.508 e. The van der Waals surface area contributed by atoms with Crippen molar-refractivity contribution < 1.29 is 34.0 Å². The van der Waals surface area contributed by atoms with Crippen LogP contribution in [-0.4, -0.2) is 40.5 Å². The van der Waals surface area contributed by atoms with Gasteiger partial charge in [-0.25, -0.2) is 9.18 Å². The number of aliphatic hydroxyl groups is 1. The van der Waals surface area contributed by atoms with Crippen molar-refractivity contribution in [3.8, 4) is 34.1 Å². The molecule has 0 bridgehead atoms. The van der Waals surface area contributed by atoms with Gasteiger partial charge in [0.2, 0.25) is 0 Å². The average Bonchev–Trinajstić information content (AvgIpc) is 2.92. The van der Waals surface area contributed by atoms with Crippen molar-refractivity contribution in [3.63, 3.8) is 0 Å². The molecule has 4 rings (SSSR count). The van der Waals surface area contributed by atoms with Crippen molar-refractivity contribution in [2.45, 2.75) is 26.0 Å². The Bertz CT molecular complexity index is 1420. The third kappa shape index (κ3) is 7.13. The number of ether oxygens (including phenoxy) is 2. The van der Waals surface area contributed by atoms with Gasteiger partial charge in [0.1, 0.15) is 41.0 Å².